The monoisotopic (exact) mass is 379 g/mol. The molecule has 0 radical (unpaired) electrons. The molecule has 2 aliphatic carbocycles. The lowest BCUT2D eigenvalue weighted by molar-refractivity contribution is 0.105. The number of hydrogen-bond donors (Lipinski definition) is 1. The third kappa shape index (κ3) is 1.85. The number of aromatic hydroxyl groups is 1. The topological polar surface area (TPSA) is 41.7 Å². The van der Waals surface area contributed by atoms with E-state index in [1.165, 1.54) is 0 Å². The molecule has 0 unspecified atom stereocenters. The van der Waals surface area contributed by atoms with Crippen LogP contribution in [0, 0.1) is 6.57 Å². The average molecular weight is 380 g/mol. The van der Waals surface area contributed by atoms with Gasteiger partial charge in [-0.2, -0.15) is 0 Å². The molecule has 2 aromatic carbocycles. The van der Waals surface area contributed by atoms with Crippen molar-refractivity contribution in [2.45, 2.75) is 25.7 Å². The first-order valence-electron chi connectivity index (χ1n) is 7.66. The first-order chi connectivity index (χ1) is 11.3. The van der Waals surface area contributed by atoms with Gasteiger partial charge in [-0.1, -0.05) is 32.0 Å². The number of ketones is 1. The summed E-state index contributed by atoms with van der Waals surface area (Å²) in [6.45, 7) is 11.4. The van der Waals surface area contributed by atoms with Crippen molar-refractivity contribution in [3.05, 3.63) is 74.0 Å². The molecular formula is C20H14BrNO2. The number of fused-ring (bicyclic) bond motifs is 3. The maximum atomic E-state index is 13.1. The van der Waals surface area contributed by atoms with E-state index in [9.17, 15) is 9.90 Å². The van der Waals surface area contributed by atoms with Gasteiger partial charge < -0.3 is 5.11 Å². The molecule has 0 spiro atoms. The van der Waals surface area contributed by atoms with Crippen LogP contribution in [0.3, 0.4) is 0 Å². The molecule has 1 N–H and O–H groups in total. The van der Waals surface area contributed by atoms with E-state index >= 15 is 0 Å². The van der Waals surface area contributed by atoms with Crippen LogP contribution < -0.4 is 0 Å². The highest BCUT2D eigenvalue weighted by molar-refractivity contribution is 9.10. The van der Waals surface area contributed by atoms with Gasteiger partial charge in [-0.25, -0.2) is 4.85 Å². The fraction of sp³-hybridized carbons (Fsp3) is 0.200. The van der Waals surface area contributed by atoms with Crippen molar-refractivity contribution in [2.75, 3.05) is 0 Å². The fourth-order valence-electron chi connectivity index (χ4n) is 3.84. The maximum absolute atomic E-state index is 13.1. The van der Waals surface area contributed by atoms with E-state index in [2.05, 4.69) is 34.6 Å². The Hall–Kier alpha value is -2.38. The molecule has 4 heteroatoms. The smallest absolute Gasteiger partial charge is 0.193 e. The summed E-state index contributed by atoms with van der Waals surface area (Å²) in [4.78, 5) is 16.6. The molecule has 0 saturated heterocycles. The highest BCUT2D eigenvalue weighted by atomic mass is 79.9. The SMILES string of the molecule is [C-]#[N+]c1ccc2c(c1)CC1=C2C(=O)c2cc(Br)c(O)cc2C1(C)C. The van der Waals surface area contributed by atoms with E-state index in [1.54, 1.807) is 18.2 Å². The van der Waals surface area contributed by atoms with E-state index in [1.807, 2.05) is 12.1 Å². The Morgan fingerprint density at radius 1 is 1.21 bits per heavy atom. The van der Waals surface area contributed by atoms with Gasteiger partial charge in [0.05, 0.1) is 11.0 Å². The Balaban J connectivity index is 1.98. The second kappa shape index (κ2) is 4.81. The van der Waals surface area contributed by atoms with E-state index < -0.39 is 0 Å². The normalized spacial score (nSPS) is 17.2. The van der Waals surface area contributed by atoms with Gasteiger partial charge in [-0.3, -0.25) is 4.79 Å². The summed E-state index contributed by atoms with van der Waals surface area (Å²) in [5.74, 6) is 0.138. The third-order valence-corrected chi connectivity index (χ3v) is 5.78. The summed E-state index contributed by atoms with van der Waals surface area (Å²) in [5, 5.41) is 10.1. The lowest BCUT2D eigenvalue weighted by atomic mass is 9.68. The second-order valence-electron chi connectivity index (χ2n) is 6.79. The van der Waals surface area contributed by atoms with Crippen LogP contribution in [0.15, 0.2) is 40.4 Å². The number of carbonyl (C=O) groups is 1. The Morgan fingerprint density at radius 3 is 2.67 bits per heavy atom. The molecule has 2 aliphatic rings. The molecule has 0 fully saturated rings. The highest BCUT2D eigenvalue weighted by Crippen LogP contribution is 2.51. The van der Waals surface area contributed by atoms with E-state index in [0.29, 0.717) is 22.1 Å². The molecule has 0 aromatic heterocycles. The van der Waals surface area contributed by atoms with E-state index in [0.717, 1.165) is 27.8 Å². The molecule has 0 bridgehead atoms. The van der Waals surface area contributed by atoms with Gasteiger partial charge in [0.15, 0.2) is 11.5 Å². The number of rotatable bonds is 0. The second-order valence-corrected chi connectivity index (χ2v) is 7.64. The molecule has 118 valence electrons. The van der Waals surface area contributed by atoms with Gasteiger partial charge in [0.2, 0.25) is 0 Å². The lowest BCUT2D eigenvalue weighted by Crippen LogP contribution is -2.29. The number of allylic oxidation sites excluding steroid dienone is 2. The molecule has 0 aliphatic heterocycles. The quantitative estimate of drug-likeness (QED) is 0.639. The summed E-state index contributed by atoms with van der Waals surface area (Å²) in [6, 6.07) is 8.94. The molecule has 0 heterocycles. The van der Waals surface area contributed by atoms with Crippen molar-refractivity contribution < 1.29 is 9.90 Å². The van der Waals surface area contributed by atoms with Gasteiger partial charge in [0.25, 0.3) is 0 Å². The minimum absolute atomic E-state index is 0.00524. The third-order valence-electron chi connectivity index (χ3n) is 5.14. The summed E-state index contributed by atoms with van der Waals surface area (Å²) in [5.41, 5.74) is 5.52. The summed E-state index contributed by atoms with van der Waals surface area (Å²) in [7, 11) is 0. The summed E-state index contributed by atoms with van der Waals surface area (Å²) in [6.07, 6.45) is 0.670. The summed E-state index contributed by atoms with van der Waals surface area (Å²) < 4.78 is 0.524. The van der Waals surface area contributed by atoms with E-state index in [4.69, 9.17) is 6.57 Å². The number of nitrogens with zero attached hydrogens (tertiary/aromatic N) is 1. The molecule has 2 aromatic rings. The van der Waals surface area contributed by atoms with Crippen LogP contribution in [0.1, 0.15) is 40.9 Å². The maximum Gasteiger partial charge on any atom is 0.193 e. The average Bonchev–Trinajstić information content (AvgIpc) is 2.94. The molecule has 0 saturated carbocycles. The van der Waals surface area contributed by atoms with Crippen LogP contribution in [0.25, 0.3) is 10.4 Å². The number of halogens is 1. The predicted molar refractivity (Wildman–Crippen MR) is 96.5 cm³/mol. The van der Waals surface area contributed by atoms with Crippen LogP contribution in [0.5, 0.6) is 5.75 Å². The van der Waals surface area contributed by atoms with Gasteiger partial charge in [-0.15, -0.1) is 0 Å². The van der Waals surface area contributed by atoms with Crippen molar-refractivity contribution in [3.8, 4) is 5.75 Å². The lowest BCUT2D eigenvalue weighted by Gasteiger charge is -2.34. The fourth-order valence-corrected chi connectivity index (χ4v) is 4.18. The zero-order valence-electron chi connectivity index (χ0n) is 13.3. The molecule has 0 atom stereocenters. The number of benzene rings is 2. The predicted octanol–water partition coefficient (Wildman–Crippen LogP) is 5.19. The van der Waals surface area contributed by atoms with Crippen molar-refractivity contribution in [2.24, 2.45) is 0 Å². The standard InChI is InChI=1S/C20H14BrNO2/c1-20(2)14-9-17(23)16(21)8-13(14)19(24)18-12-5-4-11(22-3)6-10(12)7-15(18)20/h4-6,8-9,23H,7H2,1-2H3. The molecule has 3 nitrogen and oxygen atoms in total. The molecular weight excluding hydrogens is 366 g/mol. The zero-order chi connectivity index (χ0) is 17.2. The van der Waals surface area contributed by atoms with Crippen molar-refractivity contribution in [1.82, 2.24) is 0 Å². The van der Waals surface area contributed by atoms with E-state index in [-0.39, 0.29) is 16.9 Å². The van der Waals surface area contributed by atoms with Crippen LogP contribution in [0.4, 0.5) is 5.69 Å². The first-order valence-corrected chi connectivity index (χ1v) is 8.46. The number of carbonyl (C=O) groups excluding carboxylic acids is 1. The minimum Gasteiger partial charge on any atom is -0.507 e. The Bertz CT molecular complexity index is 1010. The molecule has 4 rings (SSSR count). The van der Waals surface area contributed by atoms with Crippen molar-refractivity contribution >= 4 is 33.0 Å². The number of phenols is 1. The first kappa shape index (κ1) is 15.2. The highest BCUT2D eigenvalue weighted by Gasteiger charge is 2.43. The van der Waals surface area contributed by atoms with Crippen LogP contribution in [-0.4, -0.2) is 10.9 Å². The van der Waals surface area contributed by atoms with Gasteiger partial charge >= 0.3 is 0 Å². The number of hydrogen-bond acceptors (Lipinski definition) is 2. The minimum atomic E-state index is -0.353. The van der Waals surface area contributed by atoms with Crippen LogP contribution in [-0.2, 0) is 11.8 Å². The Labute approximate surface area is 148 Å². The Morgan fingerprint density at radius 2 is 1.96 bits per heavy atom. The molecule has 24 heavy (non-hydrogen) atoms. The van der Waals surface area contributed by atoms with Crippen molar-refractivity contribution in [1.29, 1.82) is 0 Å². The molecule has 0 amide bonds. The zero-order valence-corrected chi connectivity index (χ0v) is 14.9. The van der Waals surface area contributed by atoms with Gasteiger partial charge in [0, 0.05) is 16.6 Å². The van der Waals surface area contributed by atoms with Crippen LogP contribution in [0.2, 0.25) is 0 Å². The number of Topliss-reactive ketones (excluding diaryl/α,β-unsaturated/α-hetero) is 1. The van der Waals surface area contributed by atoms with Crippen molar-refractivity contribution in [3.63, 3.8) is 0 Å². The van der Waals surface area contributed by atoms with Crippen LogP contribution >= 0.6 is 15.9 Å². The summed E-state index contributed by atoms with van der Waals surface area (Å²) >= 11 is 3.31. The largest absolute Gasteiger partial charge is 0.507 e. The Kier molecular flexibility index (Phi) is 3.04. The number of phenolic OH excluding ortho intramolecular Hbond substituents is 1. The van der Waals surface area contributed by atoms with Gasteiger partial charge in [0.1, 0.15) is 5.75 Å². The van der Waals surface area contributed by atoms with Gasteiger partial charge in [-0.05, 0) is 56.7 Å².